The summed E-state index contributed by atoms with van der Waals surface area (Å²) in [6, 6.07) is 0. The average molecular weight is 185 g/mol. The van der Waals surface area contributed by atoms with Gasteiger partial charge in [-0.25, -0.2) is 0 Å². The minimum atomic E-state index is -0.666. The van der Waals surface area contributed by atoms with Gasteiger partial charge < -0.3 is 10.4 Å². The lowest BCUT2D eigenvalue weighted by atomic mass is 9.91. The van der Waals surface area contributed by atoms with Crippen LogP contribution in [-0.2, 0) is 4.79 Å². The lowest BCUT2D eigenvalue weighted by Crippen LogP contribution is -2.47. The highest BCUT2D eigenvalue weighted by Gasteiger charge is 2.39. The Morgan fingerprint density at radius 3 is 2.77 bits per heavy atom. The van der Waals surface area contributed by atoms with E-state index in [4.69, 9.17) is 5.11 Å². The van der Waals surface area contributed by atoms with Gasteiger partial charge in [-0.05, 0) is 25.8 Å². The average Bonchev–Trinajstić information content (AvgIpc) is 2.55. The van der Waals surface area contributed by atoms with Gasteiger partial charge in [-0.2, -0.15) is 0 Å². The van der Waals surface area contributed by atoms with E-state index in [1.165, 1.54) is 0 Å². The summed E-state index contributed by atoms with van der Waals surface area (Å²) >= 11 is 0. The number of aliphatic carboxylic acids is 1. The summed E-state index contributed by atoms with van der Waals surface area (Å²) in [6.45, 7) is 2.99. The van der Waals surface area contributed by atoms with Crippen molar-refractivity contribution >= 4 is 5.97 Å². The SMILES string of the molecule is CCCCCC1(C(=O)O)CCCN1. The van der Waals surface area contributed by atoms with Crippen molar-refractivity contribution in [1.82, 2.24) is 5.32 Å². The van der Waals surface area contributed by atoms with E-state index in [9.17, 15) is 4.79 Å². The Morgan fingerprint density at radius 2 is 2.31 bits per heavy atom. The van der Waals surface area contributed by atoms with Gasteiger partial charge in [0.15, 0.2) is 0 Å². The van der Waals surface area contributed by atoms with E-state index in [-0.39, 0.29) is 0 Å². The molecule has 2 N–H and O–H groups in total. The fourth-order valence-corrected chi connectivity index (χ4v) is 1.99. The van der Waals surface area contributed by atoms with Gasteiger partial charge in [0.25, 0.3) is 0 Å². The third kappa shape index (κ3) is 2.44. The second-order valence-corrected chi connectivity index (χ2v) is 3.87. The van der Waals surface area contributed by atoms with Gasteiger partial charge in [0, 0.05) is 0 Å². The van der Waals surface area contributed by atoms with Crippen LogP contribution in [0.3, 0.4) is 0 Å². The Morgan fingerprint density at radius 1 is 1.54 bits per heavy atom. The van der Waals surface area contributed by atoms with Crippen molar-refractivity contribution in [1.29, 1.82) is 0 Å². The molecule has 0 aliphatic carbocycles. The number of unbranched alkanes of at least 4 members (excludes halogenated alkanes) is 2. The van der Waals surface area contributed by atoms with Crippen LogP contribution in [0.4, 0.5) is 0 Å². The molecule has 1 aliphatic rings. The number of carboxylic acid groups (broad SMARTS) is 1. The number of carbonyl (C=O) groups is 1. The Bertz CT molecular complexity index is 174. The predicted octanol–water partition coefficient (Wildman–Crippen LogP) is 1.77. The first kappa shape index (κ1) is 10.5. The zero-order valence-electron chi connectivity index (χ0n) is 8.31. The highest BCUT2D eigenvalue weighted by atomic mass is 16.4. The maximum absolute atomic E-state index is 11.1. The molecule has 13 heavy (non-hydrogen) atoms. The maximum Gasteiger partial charge on any atom is 0.323 e. The van der Waals surface area contributed by atoms with Crippen LogP contribution in [-0.4, -0.2) is 23.2 Å². The molecule has 0 bridgehead atoms. The molecule has 1 heterocycles. The summed E-state index contributed by atoms with van der Waals surface area (Å²) in [7, 11) is 0. The van der Waals surface area contributed by atoms with E-state index in [0.29, 0.717) is 0 Å². The van der Waals surface area contributed by atoms with E-state index in [2.05, 4.69) is 12.2 Å². The van der Waals surface area contributed by atoms with Crippen LogP contribution in [0.2, 0.25) is 0 Å². The molecule has 3 heteroatoms. The van der Waals surface area contributed by atoms with E-state index in [0.717, 1.165) is 45.1 Å². The first-order valence-corrected chi connectivity index (χ1v) is 5.20. The highest BCUT2D eigenvalue weighted by Crippen LogP contribution is 2.25. The molecule has 1 atom stereocenters. The largest absolute Gasteiger partial charge is 0.480 e. The smallest absolute Gasteiger partial charge is 0.323 e. The summed E-state index contributed by atoms with van der Waals surface area (Å²) in [4.78, 5) is 11.1. The molecular weight excluding hydrogens is 166 g/mol. The highest BCUT2D eigenvalue weighted by molar-refractivity contribution is 5.79. The summed E-state index contributed by atoms with van der Waals surface area (Å²) < 4.78 is 0. The number of rotatable bonds is 5. The molecule has 0 amide bonds. The Labute approximate surface area is 79.5 Å². The quantitative estimate of drug-likeness (QED) is 0.642. The van der Waals surface area contributed by atoms with Crippen LogP contribution in [0.15, 0.2) is 0 Å². The molecule has 0 saturated carbocycles. The number of hydrogen-bond donors (Lipinski definition) is 2. The van der Waals surface area contributed by atoms with E-state index >= 15 is 0 Å². The summed E-state index contributed by atoms with van der Waals surface area (Å²) in [5.74, 6) is -0.666. The van der Waals surface area contributed by atoms with Gasteiger partial charge >= 0.3 is 5.97 Å². The molecule has 76 valence electrons. The molecule has 1 aliphatic heterocycles. The molecule has 0 radical (unpaired) electrons. The topological polar surface area (TPSA) is 49.3 Å². The molecule has 0 aromatic heterocycles. The molecule has 1 fully saturated rings. The summed E-state index contributed by atoms with van der Waals surface area (Å²) in [5, 5.41) is 12.2. The van der Waals surface area contributed by atoms with Crippen LogP contribution in [0.25, 0.3) is 0 Å². The molecular formula is C10H19NO2. The van der Waals surface area contributed by atoms with Crippen molar-refractivity contribution in [2.24, 2.45) is 0 Å². The third-order valence-electron chi connectivity index (χ3n) is 2.86. The zero-order valence-corrected chi connectivity index (χ0v) is 8.31. The lowest BCUT2D eigenvalue weighted by Gasteiger charge is -2.24. The van der Waals surface area contributed by atoms with E-state index in [1.54, 1.807) is 0 Å². The molecule has 1 unspecified atom stereocenters. The van der Waals surface area contributed by atoms with Crippen molar-refractivity contribution in [3.05, 3.63) is 0 Å². The van der Waals surface area contributed by atoms with Crippen molar-refractivity contribution < 1.29 is 9.90 Å². The van der Waals surface area contributed by atoms with Crippen molar-refractivity contribution in [2.45, 2.75) is 51.0 Å². The normalized spacial score (nSPS) is 27.8. The molecule has 0 aromatic rings. The molecule has 0 aromatic carbocycles. The van der Waals surface area contributed by atoms with Crippen LogP contribution in [0.1, 0.15) is 45.4 Å². The van der Waals surface area contributed by atoms with Crippen LogP contribution in [0, 0.1) is 0 Å². The third-order valence-corrected chi connectivity index (χ3v) is 2.86. The zero-order chi connectivity index (χ0) is 9.73. The monoisotopic (exact) mass is 185 g/mol. The molecule has 1 saturated heterocycles. The van der Waals surface area contributed by atoms with Crippen molar-refractivity contribution in [3.8, 4) is 0 Å². The van der Waals surface area contributed by atoms with Crippen molar-refractivity contribution in [2.75, 3.05) is 6.54 Å². The van der Waals surface area contributed by atoms with Gasteiger partial charge in [0.1, 0.15) is 5.54 Å². The number of hydrogen-bond acceptors (Lipinski definition) is 2. The lowest BCUT2D eigenvalue weighted by molar-refractivity contribution is -0.144. The first-order valence-electron chi connectivity index (χ1n) is 5.20. The fourth-order valence-electron chi connectivity index (χ4n) is 1.99. The standard InChI is InChI=1S/C10H19NO2/c1-2-3-4-6-10(9(12)13)7-5-8-11-10/h11H,2-8H2,1H3,(H,12,13). The second-order valence-electron chi connectivity index (χ2n) is 3.87. The van der Waals surface area contributed by atoms with Crippen LogP contribution < -0.4 is 5.32 Å². The first-order chi connectivity index (χ1) is 6.21. The Hall–Kier alpha value is -0.570. The van der Waals surface area contributed by atoms with Gasteiger partial charge in [0.2, 0.25) is 0 Å². The fraction of sp³-hybridized carbons (Fsp3) is 0.900. The van der Waals surface area contributed by atoms with Gasteiger partial charge in [0.05, 0.1) is 0 Å². The van der Waals surface area contributed by atoms with Crippen LogP contribution in [0.5, 0.6) is 0 Å². The number of nitrogens with one attached hydrogen (secondary N) is 1. The Kier molecular flexibility index (Phi) is 3.72. The summed E-state index contributed by atoms with van der Waals surface area (Å²) in [6.07, 6.45) is 5.89. The second kappa shape index (κ2) is 4.61. The van der Waals surface area contributed by atoms with Gasteiger partial charge in [-0.3, -0.25) is 4.79 Å². The van der Waals surface area contributed by atoms with Crippen molar-refractivity contribution in [3.63, 3.8) is 0 Å². The summed E-state index contributed by atoms with van der Waals surface area (Å²) in [5.41, 5.74) is -0.588. The van der Waals surface area contributed by atoms with E-state index < -0.39 is 11.5 Å². The molecule has 3 nitrogen and oxygen atoms in total. The van der Waals surface area contributed by atoms with Gasteiger partial charge in [-0.1, -0.05) is 26.2 Å². The Balaban J connectivity index is 2.43. The molecule has 0 spiro atoms. The minimum Gasteiger partial charge on any atom is -0.480 e. The van der Waals surface area contributed by atoms with Gasteiger partial charge in [-0.15, -0.1) is 0 Å². The van der Waals surface area contributed by atoms with E-state index in [1.807, 2.05) is 0 Å². The minimum absolute atomic E-state index is 0.588. The molecule has 1 rings (SSSR count). The predicted molar refractivity (Wildman–Crippen MR) is 51.7 cm³/mol. The van der Waals surface area contributed by atoms with Crippen LogP contribution >= 0.6 is 0 Å². The maximum atomic E-state index is 11.1. The number of carboxylic acids is 1.